The molecule has 0 amide bonds. The summed E-state index contributed by atoms with van der Waals surface area (Å²) >= 11 is 23.2. The van der Waals surface area contributed by atoms with Crippen molar-refractivity contribution in [2.45, 2.75) is 17.1 Å². The van der Waals surface area contributed by atoms with Gasteiger partial charge in [-0.15, -0.1) is 0 Å². The molecule has 0 spiro atoms. The zero-order valence-electron chi connectivity index (χ0n) is 9.21. The summed E-state index contributed by atoms with van der Waals surface area (Å²) in [6.07, 6.45) is 0. The molecule has 1 aromatic rings. The van der Waals surface area contributed by atoms with Gasteiger partial charge in [0.25, 0.3) is 0 Å². The van der Waals surface area contributed by atoms with Gasteiger partial charge in [-0.05, 0) is 6.92 Å². The van der Waals surface area contributed by atoms with Crippen LogP contribution < -0.4 is 0 Å². The molecule has 0 aliphatic rings. The van der Waals surface area contributed by atoms with E-state index in [4.69, 9.17) is 56.9 Å². The van der Waals surface area contributed by atoms with Crippen molar-refractivity contribution in [3.63, 3.8) is 0 Å². The zero-order valence-corrected chi connectivity index (χ0v) is 13.0. The van der Waals surface area contributed by atoms with Gasteiger partial charge in [0, 0.05) is 0 Å². The first kappa shape index (κ1) is 16.4. The van der Waals surface area contributed by atoms with Crippen LogP contribution in [0.2, 0.25) is 20.1 Å². The molecule has 0 aliphatic carbocycles. The smallest absolute Gasteiger partial charge is 0.197 e. The molecule has 0 heterocycles. The van der Waals surface area contributed by atoms with E-state index in [2.05, 4.69) is 0 Å². The summed E-state index contributed by atoms with van der Waals surface area (Å²) in [6.45, 7) is 1.17. The number of sulfone groups is 1. The maximum atomic E-state index is 12.1. The molecule has 1 atom stereocenters. The Morgan fingerprint density at radius 1 is 1.00 bits per heavy atom. The van der Waals surface area contributed by atoms with Gasteiger partial charge in [-0.25, -0.2) is 8.42 Å². The summed E-state index contributed by atoms with van der Waals surface area (Å²) in [5, 5.41) is 14.7. The molecule has 1 rings (SSSR count). The second-order valence-electron chi connectivity index (χ2n) is 3.39. The fourth-order valence-corrected chi connectivity index (χ4v) is 4.10. The zero-order chi connectivity index (χ0) is 15.0. The van der Waals surface area contributed by atoms with Gasteiger partial charge in [-0.3, -0.25) is 0 Å². The van der Waals surface area contributed by atoms with Crippen LogP contribution in [0.4, 0.5) is 0 Å². The highest BCUT2D eigenvalue weighted by Gasteiger charge is 2.32. The van der Waals surface area contributed by atoms with Gasteiger partial charge in [-0.2, -0.15) is 10.5 Å². The van der Waals surface area contributed by atoms with Crippen LogP contribution in [0.1, 0.15) is 12.5 Å². The third kappa shape index (κ3) is 2.63. The minimum absolute atomic E-state index is 0.220. The fraction of sp³-hybridized carbons (Fsp3) is 0.200. The van der Waals surface area contributed by atoms with Crippen LogP contribution in [0.25, 0.3) is 0 Å². The topological polar surface area (TPSA) is 81.7 Å². The predicted octanol–water partition coefficient (Wildman–Crippen LogP) is 3.86. The molecule has 0 aliphatic heterocycles. The minimum Gasteiger partial charge on any atom is -0.222 e. The molecule has 0 fully saturated rings. The van der Waals surface area contributed by atoms with Gasteiger partial charge in [0.05, 0.1) is 31.7 Å². The second-order valence-corrected chi connectivity index (χ2v) is 7.11. The number of rotatable bonds is 2. The lowest BCUT2D eigenvalue weighted by atomic mass is 10.2. The van der Waals surface area contributed by atoms with E-state index < -0.39 is 30.0 Å². The number of nitrogens with zero attached hydrogens (tertiary/aromatic N) is 2. The number of halogens is 4. The van der Waals surface area contributed by atoms with E-state index in [0.717, 1.165) is 0 Å². The minimum atomic E-state index is -4.12. The maximum Gasteiger partial charge on any atom is 0.197 e. The third-order valence-corrected chi connectivity index (χ3v) is 6.21. The van der Waals surface area contributed by atoms with Crippen molar-refractivity contribution in [2.75, 3.05) is 0 Å². The maximum absolute atomic E-state index is 12.1. The molecule has 19 heavy (non-hydrogen) atoms. The first-order valence-corrected chi connectivity index (χ1v) is 7.65. The highest BCUT2D eigenvalue weighted by Crippen LogP contribution is 2.44. The van der Waals surface area contributed by atoms with E-state index in [1.54, 1.807) is 12.1 Å². The Hall–Kier alpha value is -0.690. The lowest BCUT2D eigenvalue weighted by Crippen LogP contribution is -2.17. The van der Waals surface area contributed by atoms with E-state index >= 15 is 0 Å². The van der Waals surface area contributed by atoms with Crippen LogP contribution >= 0.6 is 46.4 Å². The average molecular weight is 358 g/mol. The van der Waals surface area contributed by atoms with Crippen molar-refractivity contribution in [3.05, 3.63) is 25.7 Å². The molecule has 0 saturated carbocycles. The van der Waals surface area contributed by atoms with Crippen LogP contribution in [0.5, 0.6) is 0 Å². The van der Waals surface area contributed by atoms with E-state index in [-0.39, 0.29) is 15.6 Å². The van der Waals surface area contributed by atoms with E-state index in [1.807, 2.05) is 0 Å². The van der Waals surface area contributed by atoms with Crippen molar-refractivity contribution < 1.29 is 8.42 Å². The summed E-state index contributed by atoms with van der Waals surface area (Å²) in [7, 11) is -4.12. The highest BCUT2D eigenvalue weighted by atomic mass is 35.5. The highest BCUT2D eigenvalue weighted by molar-refractivity contribution is 7.92. The number of nitriles is 2. The Labute approximate surface area is 130 Å². The predicted molar refractivity (Wildman–Crippen MR) is 73.5 cm³/mol. The molecule has 1 aromatic carbocycles. The van der Waals surface area contributed by atoms with E-state index in [9.17, 15) is 8.42 Å². The van der Waals surface area contributed by atoms with Crippen LogP contribution in [0.15, 0.2) is 4.90 Å². The summed E-state index contributed by atoms with van der Waals surface area (Å²) < 4.78 is 24.2. The molecule has 1 unspecified atom stereocenters. The summed E-state index contributed by atoms with van der Waals surface area (Å²) in [5.74, 6) is 0. The van der Waals surface area contributed by atoms with Crippen LogP contribution in [-0.2, 0) is 9.84 Å². The van der Waals surface area contributed by atoms with E-state index in [0.29, 0.717) is 0 Å². The monoisotopic (exact) mass is 356 g/mol. The molecule has 0 bridgehead atoms. The Morgan fingerprint density at radius 2 is 1.42 bits per heavy atom. The second kappa shape index (κ2) is 5.75. The molecule has 0 saturated heterocycles. The normalized spacial score (nSPS) is 12.6. The van der Waals surface area contributed by atoms with Gasteiger partial charge in [0.2, 0.25) is 0 Å². The molecular formula is C10H4Cl4N2O2S. The van der Waals surface area contributed by atoms with Gasteiger partial charge in [0.1, 0.15) is 16.2 Å². The van der Waals surface area contributed by atoms with Crippen LogP contribution in [-0.4, -0.2) is 13.7 Å². The number of hydrogen-bond donors (Lipinski definition) is 0. The van der Waals surface area contributed by atoms with Crippen molar-refractivity contribution in [2.24, 2.45) is 0 Å². The molecule has 100 valence electrons. The average Bonchev–Trinajstić information content (AvgIpc) is 2.36. The third-order valence-electron chi connectivity index (χ3n) is 2.27. The van der Waals surface area contributed by atoms with Gasteiger partial charge >= 0.3 is 0 Å². The number of hydrogen-bond acceptors (Lipinski definition) is 4. The Morgan fingerprint density at radius 3 is 1.74 bits per heavy atom. The summed E-state index contributed by atoms with van der Waals surface area (Å²) in [6, 6.07) is 3.24. The first-order chi connectivity index (χ1) is 8.69. The number of benzene rings is 1. The van der Waals surface area contributed by atoms with Crippen molar-refractivity contribution >= 4 is 56.2 Å². The van der Waals surface area contributed by atoms with Gasteiger partial charge in [0.15, 0.2) is 9.84 Å². The molecule has 0 N–H and O–H groups in total. The Balaban J connectivity index is 3.86. The standard InChI is InChI=1S/C10H4Cl4N2O2S/c1-4(2-15)19(17,18)10-8(13)6(11)5(3-16)7(12)9(10)14/h4H,1H3. The largest absolute Gasteiger partial charge is 0.222 e. The van der Waals surface area contributed by atoms with Crippen molar-refractivity contribution in [3.8, 4) is 12.1 Å². The molecule has 0 aromatic heterocycles. The van der Waals surface area contributed by atoms with Crippen LogP contribution in [0.3, 0.4) is 0 Å². The Kier molecular flexibility index (Phi) is 4.95. The summed E-state index contributed by atoms with van der Waals surface area (Å²) in [4.78, 5) is -0.543. The Bertz CT molecular complexity index is 702. The molecule has 4 nitrogen and oxygen atoms in total. The molecular weight excluding hydrogens is 354 g/mol. The van der Waals surface area contributed by atoms with Gasteiger partial charge in [-0.1, -0.05) is 46.4 Å². The van der Waals surface area contributed by atoms with Crippen LogP contribution in [0, 0.1) is 22.7 Å². The first-order valence-electron chi connectivity index (χ1n) is 4.59. The van der Waals surface area contributed by atoms with E-state index in [1.165, 1.54) is 6.92 Å². The lowest BCUT2D eigenvalue weighted by molar-refractivity contribution is 0.592. The SMILES string of the molecule is CC(C#N)S(=O)(=O)c1c(Cl)c(Cl)c(C#N)c(Cl)c1Cl. The van der Waals surface area contributed by atoms with Crippen molar-refractivity contribution in [1.82, 2.24) is 0 Å². The van der Waals surface area contributed by atoms with Crippen molar-refractivity contribution in [1.29, 1.82) is 10.5 Å². The summed E-state index contributed by atoms with van der Waals surface area (Å²) in [5.41, 5.74) is -0.220. The molecule has 9 heteroatoms. The fourth-order valence-electron chi connectivity index (χ4n) is 1.21. The molecule has 0 radical (unpaired) electrons. The van der Waals surface area contributed by atoms with Gasteiger partial charge < -0.3 is 0 Å². The quantitative estimate of drug-likeness (QED) is 0.752. The lowest BCUT2D eigenvalue weighted by Gasteiger charge is -2.13.